The summed E-state index contributed by atoms with van der Waals surface area (Å²) in [4.78, 5) is 14.4. The molecule has 1 saturated heterocycles. The van der Waals surface area contributed by atoms with E-state index in [9.17, 15) is 4.79 Å². The van der Waals surface area contributed by atoms with E-state index in [0.29, 0.717) is 17.9 Å². The Morgan fingerprint density at radius 3 is 2.70 bits per heavy atom. The van der Waals surface area contributed by atoms with Gasteiger partial charge in [-0.15, -0.1) is 0 Å². The molecule has 3 rings (SSSR count). The van der Waals surface area contributed by atoms with Crippen LogP contribution in [-0.4, -0.2) is 32.0 Å². The maximum absolute atomic E-state index is 12.9. The molecule has 1 aromatic carbocycles. The van der Waals surface area contributed by atoms with Crippen LogP contribution in [0.1, 0.15) is 30.1 Å². The van der Waals surface area contributed by atoms with E-state index in [-0.39, 0.29) is 5.78 Å². The summed E-state index contributed by atoms with van der Waals surface area (Å²) in [6, 6.07) is 3.79. The molecule has 2 aliphatic rings. The quantitative estimate of drug-likeness (QED) is 0.822. The number of ether oxygens (including phenoxy) is 1. The highest BCUT2D eigenvalue weighted by atomic mass is 79.9. The van der Waals surface area contributed by atoms with Gasteiger partial charge in [-0.3, -0.25) is 4.79 Å². The van der Waals surface area contributed by atoms with Gasteiger partial charge in [-0.25, -0.2) is 0 Å². The number of quaternary nitrogens is 1. The molecule has 0 amide bonds. The minimum Gasteiger partial charge on any atom is -0.490 e. The number of likely N-dealkylation sites (tertiary alicyclic amines) is 1. The zero-order valence-corrected chi connectivity index (χ0v) is 14.6. The summed E-state index contributed by atoms with van der Waals surface area (Å²) in [7, 11) is 0. The minimum atomic E-state index is -0.410. The fourth-order valence-electron chi connectivity index (χ4n) is 3.23. The molecule has 0 spiro atoms. The van der Waals surface area contributed by atoms with Crippen molar-refractivity contribution < 1.29 is 14.4 Å². The predicted molar refractivity (Wildman–Crippen MR) is 84.6 cm³/mol. The molecule has 2 aliphatic heterocycles. The van der Waals surface area contributed by atoms with Crippen molar-refractivity contribution in [3.05, 3.63) is 26.6 Å². The average Bonchev–Trinajstić information content (AvgIpc) is 2.87. The highest BCUT2D eigenvalue weighted by Crippen LogP contribution is 2.40. The van der Waals surface area contributed by atoms with Gasteiger partial charge >= 0.3 is 0 Å². The first-order valence-corrected chi connectivity index (χ1v) is 8.58. The standard InChI is InChI=1S/C15H17Br2NO2/c1-15(8-18-4-2-3-5-18)9-20-13-11(14(15)19)6-10(16)7-12(13)17/h6-7H,2-5,8-9H2,1H3/p+1. The molecular weight excluding hydrogens is 386 g/mol. The molecule has 5 heteroatoms. The molecule has 0 aliphatic carbocycles. The largest absolute Gasteiger partial charge is 0.490 e. The Bertz CT molecular complexity index is 555. The van der Waals surface area contributed by atoms with Crippen molar-refractivity contribution in [2.24, 2.45) is 5.41 Å². The van der Waals surface area contributed by atoms with Crippen molar-refractivity contribution in [2.45, 2.75) is 19.8 Å². The number of fused-ring (bicyclic) bond motifs is 1. The lowest BCUT2D eigenvalue weighted by Gasteiger charge is -2.34. The molecule has 0 aromatic heterocycles. The number of benzene rings is 1. The van der Waals surface area contributed by atoms with Gasteiger partial charge < -0.3 is 9.64 Å². The lowest BCUT2D eigenvalue weighted by atomic mass is 9.80. The second-order valence-corrected chi connectivity index (χ2v) is 7.85. The van der Waals surface area contributed by atoms with Crippen molar-refractivity contribution in [3.8, 4) is 5.75 Å². The van der Waals surface area contributed by atoms with E-state index in [0.717, 1.165) is 15.5 Å². The molecule has 1 N–H and O–H groups in total. The molecule has 2 heterocycles. The summed E-state index contributed by atoms with van der Waals surface area (Å²) in [5, 5.41) is 0. The Labute approximate surface area is 135 Å². The van der Waals surface area contributed by atoms with Crippen LogP contribution < -0.4 is 9.64 Å². The molecule has 1 atom stereocenters. The third-order valence-electron chi connectivity index (χ3n) is 4.29. The van der Waals surface area contributed by atoms with Crippen LogP contribution in [0.25, 0.3) is 0 Å². The average molecular weight is 404 g/mol. The summed E-state index contributed by atoms with van der Waals surface area (Å²) < 4.78 is 7.64. The zero-order valence-electron chi connectivity index (χ0n) is 11.5. The van der Waals surface area contributed by atoms with Crippen LogP contribution in [0.2, 0.25) is 0 Å². The van der Waals surface area contributed by atoms with E-state index in [1.807, 2.05) is 19.1 Å². The van der Waals surface area contributed by atoms with Gasteiger partial charge in [0.1, 0.15) is 17.8 Å². The normalized spacial score (nSPS) is 26.4. The van der Waals surface area contributed by atoms with E-state index in [2.05, 4.69) is 31.9 Å². The first-order valence-electron chi connectivity index (χ1n) is 7.00. The van der Waals surface area contributed by atoms with E-state index in [4.69, 9.17) is 4.74 Å². The van der Waals surface area contributed by atoms with Gasteiger partial charge in [0, 0.05) is 17.3 Å². The third kappa shape index (κ3) is 2.55. The van der Waals surface area contributed by atoms with Crippen LogP contribution >= 0.6 is 31.9 Å². The van der Waals surface area contributed by atoms with E-state index < -0.39 is 5.41 Å². The fraction of sp³-hybridized carbons (Fsp3) is 0.533. The second kappa shape index (κ2) is 5.43. The Kier molecular flexibility index (Phi) is 3.95. The SMILES string of the molecule is CC1(C[NH+]2CCCC2)COc2c(Br)cc(Br)cc2C1=O. The van der Waals surface area contributed by atoms with Crippen molar-refractivity contribution in [1.82, 2.24) is 0 Å². The molecule has 20 heavy (non-hydrogen) atoms. The highest BCUT2D eigenvalue weighted by molar-refractivity contribution is 9.11. The first kappa shape index (κ1) is 14.5. The summed E-state index contributed by atoms with van der Waals surface area (Å²) in [6.45, 7) is 5.74. The van der Waals surface area contributed by atoms with Gasteiger partial charge in [0.05, 0.1) is 29.7 Å². The molecule has 108 valence electrons. The first-order chi connectivity index (χ1) is 9.49. The molecule has 0 bridgehead atoms. The van der Waals surface area contributed by atoms with Crippen LogP contribution in [-0.2, 0) is 0 Å². The number of halogens is 2. The maximum atomic E-state index is 12.9. The number of ketones is 1. The van der Waals surface area contributed by atoms with E-state index in [1.54, 1.807) is 0 Å². The van der Waals surface area contributed by atoms with Crippen molar-refractivity contribution >= 4 is 37.6 Å². The number of hydrogen-bond donors (Lipinski definition) is 1. The number of rotatable bonds is 2. The van der Waals surface area contributed by atoms with Gasteiger partial charge in [-0.1, -0.05) is 15.9 Å². The van der Waals surface area contributed by atoms with Crippen LogP contribution in [0.4, 0.5) is 0 Å². The summed E-state index contributed by atoms with van der Waals surface area (Å²) in [5.74, 6) is 0.896. The smallest absolute Gasteiger partial charge is 0.181 e. The zero-order chi connectivity index (χ0) is 14.3. The Balaban J connectivity index is 1.91. The lowest BCUT2D eigenvalue weighted by molar-refractivity contribution is -0.892. The van der Waals surface area contributed by atoms with Crippen molar-refractivity contribution in [3.63, 3.8) is 0 Å². The Morgan fingerprint density at radius 2 is 2.00 bits per heavy atom. The third-order valence-corrected chi connectivity index (χ3v) is 5.33. The number of carbonyl (C=O) groups is 1. The lowest BCUT2D eigenvalue weighted by Crippen LogP contribution is -3.11. The Hall–Kier alpha value is -0.390. The maximum Gasteiger partial charge on any atom is 0.181 e. The van der Waals surface area contributed by atoms with Crippen molar-refractivity contribution in [2.75, 3.05) is 26.2 Å². The van der Waals surface area contributed by atoms with Gasteiger partial charge in [-0.2, -0.15) is 0 Å². The molecule has 1 aromatic rings. The molecule has 1 unspecified atom stereocenters. The van der Waals surface area contributed by atoms with Crippen LogP contribution in [0, 0.1) is 5.41 Å². The fourth-order valence-corrected chi connectivity index (χ4v) is 4.57. The van der Waals surface area contributed by atoms with E-state index in [1.165, 1.54) is 30.8 Å². The monoisotopic (exact) mass is 402 g/mol. The van der Waals surface area contributed by atoms with Gasteiger partial charge in [0.15, 0.2) is 5.78 Å². The van der Waals surface area contributed by atoms with Crippen molar-refractivity contribution in [1.29, 1.82) is 0 Å². The van der Waals surface area contributed by atoms with Crippen LogP contribution in [0.15, 0.2) is 21.1 Å². The van der Waals surface area contributed by atoms with E-state index >= 15 is 0 Å². The number of Topliss-reactive ketones (excluding diaryl/α,β-unsaturated/α-hetero) is 1. The molecular formula is C15H18Br2NO2+. The molecule has 1 fully saturated rings. The highest BCUT2D eigenvalue weighted by Gasteiger charge is 2.44. The second-order valence-electron chi connectivity index (χ2n) is 6.08. The summed E-state index contributed by atoms with van der Waals surface area (Å²) in [6.07, 6.45) is 2.54. The summed E-state index contributed by atoms with van der Waals surface area (Å²) >= 11 is 6.93. The number of hydrogen-bond acceptors (Lipinski definition) is 2. The molecule has 3 nitrogen and oxygen atoms in total. The predicted octanol–water partition coefficient (Wildman–Crippen LogP) is 2.47. The molecule has 0 radical (unpaired) electrons. The number of carbonyl (C=O) groups excluding carboxylic acids is 1. The number of nitrogens with one attached hydrogen (secondary N) is 1. The summed E-state index contributed by atoms with van der Waals surface area (Å²) in [5.41, 5.74) is 0.283. The van der Waals surface area contributed by atoms with Crippen LogP contribution in [0.5, 0.6) is 5.75 Å². The topological polar surface area (TPSA) is 30.7 Å². The van der Waals surface area contributed by atoms with Gasteiger partial charge in [0.2, 0.25) is 0 Å². The molecule has 0 saturated carbocycles. The van der Waals surface area contributed by atoms with Gasteiger partial charge in [-0.05, 0) is 35.0 Å². The van der Waals surface area contributed by atoms with Gasteiger partial charge in [0.25, 0.3) is 0 Å². The minimum absolute atomic E-state index is 0.208. The Morgan fingerprint density at radius 1 is 1.30 bits per heavy atom. The van der Waals surface area contributed by atoms with Crippen LogP contribution in [0.3, 0.4) is 0 Å².